The molecule has 3 heterocycles. The molecular formula is C24H22B8N4O3. The van der Waals surface area contributed by atoms with Crippen LogP contribution in [0, 0.1) is 5.92 Å². The summed E-state index contributed by atoms with van der Waals surface area (Å²) in [4.78, 5) is 21.3. The number of anilines is 4. The fourth-order valence-corrected chi connectivity index (χ4v) is 5.54. The molecule has 0 spiro atoms. The van der Waals surface area contributed by atoms with Crippen LogP contribution in [0.25, 0.3) is 0 Å². The molecule has 2 fully saturated rings. The molecule has 15 heteroatoms. The molecule has 1 saturated carbocycles. The molecule has 1 aromatic carbocycles. The molecule has 1 amide bonds. The van der Waals surface area contributed by atoms with Gasteiger partial charge in [-0.05, 0) is 71.4 Å². The zero-order valence-electron chi connectivity index (χ0n) is 21.8. The van der Waals surface area contributed by atoms with Gasteiger partial charge in [0.15, 0.2) is 0 Å². The van der Waals surface area contributed by atoms with Crippen LogP contribution in [0.1, 0.15) is 31.2 Å². The lowest BCUT2D eigenvalue weighted by molar-refractivity contribution is -0.124. The van der Waals surface area contributed by atoms with Crippen molar-refractivity contribution in [2.45, 2.75) is 59.8 Å². The maximum Gasteiger partial charge on any atom is 0.230 e. The number of nitrogens with one attached hydrogen (secondary N) is 1. The Morgan fingerprint density at radius 1 is 1.00 bits per heavy atom. The Morgan fingerprint density at radius 2 is 1.64 bits per heavy atom. The van der Waals surface area contributed by atoms with E-state index in [1.165, 1.54) is 0 Å². The second-order valence-electron chi connectivity index (χ2n) is 10.6. The van der Waals surface area contributed by atoms with Crippen molar-refractivity contribution in [3.05, 3.63) is 42.1 Å². The number of rotatable bonds is 3. The third-order valence-electron chi connectivity index (χ3n) is 7.96. The fraction of sp³-hybridized carbons (Fsp3) is 0.500. The summed E-state index contributed by atoms with van der Waals surface area (Å²) in [5.74, 6) is 0.393. The quantitative estimate of drug-likeness (QED) is 0.583. The second kappa shape index (κ2) is 9.76. The maximum absolute atomic E-state index is 14.0. The lowest BCUT2D eigenvalue weighted by Crippen LogP contribution is -2.86. The highest BCUT2D eigenvalue weighted by Crippen LogP contribution is 2.46. The van der Waals surface area contributed by atoms with E-state index in [0.717, 1.165) is 23.3 Å². The summed E-state index contributed by atoms with van der Waals surface area (Å²) in [5.41, 5.74) is 2.22. The zero-order valence-corrected chi connectivity index (χ0v) is 21.8. The van der Waals surface area contributed by atoms with Crippen LogP contribution < -0.4 is 15.1 Å². The number of aromatic nitrogens is 1. The second-order valence-corrected chi connectivity index (χ2v) is 10.6. The van der Waals surface area contributed by atoms with E-state index in [1.807, 2.05) is 12.1 Å². The van der Waals surface area contributed by atoms with Gasteiger partial charge in [0.25, 0.3) is 0 Å². The predicted octanol–water partition coefficient (Wildman–Crippen LogP) is -0.323. The number of fused-ring (bicyclic) bond motifs is 2. The minimum atomic E-state index is -2.26. The van der Waals surface area contributed by atoms with E-state index in [0.29, 0.717) is 30.0 Å². The summed E-state index contributed by atoms with van der Waals surface area (Å²) in [5, 5.41) is -5.56. The van der Waals surface area contributed by atoms with Crippen molar-refractivity contribution in [1.29, 1.82) is 0 Å². The highest BCUT2D eigenvalue weighted by molar-refractivity contribution is 6.61. The number of hydrogen-bond donors (Lipinski definition) is 1. The Hall–Kier alpha value is -2.12. The van der Waals surface area contributed by atoms with Crippen molar-refractivity contribution in [3.63, 3.8) is 0 Å². The topological polar surface area (TPSA) is 66.9 Å². The molecule has 5 rings (SSSR count). The average molecular weight is 501 g/mol. The Balaban J connectivity index is 1.61. The molecule has 0 unspecified atom stereocenters. The minimum Gasteiger partial charge on any atom is -0.405 e. The standard InChI is InChI=1S/C24H22B8N4O3/c1-38-16-7-4-13(5-8-16)20(37)35-12-14-3-2-10-33-19(14)34-17-9-6-15(11-18(17)35)36-21(25,26)23(29,30)39-24(31,32)22(36,27)28/h2-3,6,9-11,13,16H,4-5,7-8,12H2,1H3,(H,33,34). The first-order valence-electron chi connectivity index (χ1n) is 12.7. The van der Waals surface area contributed by atoms with Crippen molar-refractivity contribution in [1.82, 2.24) is 4.98 Å². The lowest BCUT2D eigenvalue weighted by atomic mass is 9.30. The number of pyridine rings is 1. The molecule has 0 bridgehead atoms. The number of benzene rings is 1. The van der Waals surface area contributed by atoms with Crippen LogP contribution >= 0.6 is 0 Å². The van der Waals surface area contributed by atoms with Gasteiger partial charge < -0.3 is 24.6 Å². The highest BCUT2D eigenvalue weighted by Gasteiger charge is 2.57. The van der Waals surface area contributed by atoms with E-state index < -0.39 is 21.5 Å². The SMILES string of the molecule is [B]C1([B])OC([B])([B])C([B])([B])N(c2ccc3c(c2)N(C(=O)C2CCC(OC)CC2)Cc2cccnc2N3)C1([B])[B]. The molecule has 3 aliphatic rings. The number of amides is 1. The summed E-state index contributed by atoms with van der Waals surface area (Å²) in [6, 6.07) is 8.75. The normalized spacial score (nSPS) is 26.4. The largest absolute Gasteiger partial charge is 0.405 e. The molecule has 180 valence electrons. The Morgan fingerprint density at radius 3 is 2.26 bits per heavy atom. The van der Waals surface area contributed by atoms with Crippen LogP contribution in [0.15, 0.2) is 36.5 Å². The number of morpholine rings is 1. The van der Waals surface area contributed by atoms with Gasteiger partial charge >= 0.3 is 0 Å². The van der Waals surface area contributed by atoms with Crippen molar-refractivity contribution >= 4 is 91.6 Å². The number of methoxy groups -OCH3 is 1. The van der Waals surface area contributed by atoms with E-state index >= 15 is 0 Å². The van der Waals surface area contributed by atoms with Crippen molar-refractivity contribution in [2.75, 3.05) is 22.2 Å². The van der Waals surface area contributed by atoms with Crippen LogP contribution in [0.3, 0.4) is 0 Å². The van der Waals surface area contributed by atoms with Crippen LogP contribution in [-0.4, -0.2) is 108 Å². The minimum absolute atomic E-state index is 0.0408. The third kappa shape index (κ3) is 4.67. The third-order valence-corrected chi connectivity index (χ3v) is 7.96. The van der Waals surface area contributed by atoms with E-state index in [4.69, 9.17) is 72.2 Å². The van der Waals surface area contributed by atoms with Gasteiger partial charge in [-0.3, -0.25) is 4.79 Å². The molecule has 2 aromatic rings. The van der Waals surface area contributed by atoms with E-state index in [2.05, 4.69) is 10.3 Å². The molecule has 1 aromatic heterocycles. The summed E-state index contributed by atoms with van der Waals surface area (Å²) in [7, 11) is 51.6. The number of carbonyl (C=O) groups is 1. The van der Waals surface area contributed by atoms with Crippen LogP contribution in [0.4, 0.5) is 22.9 Å². The van der Waals surface area contributed by atoms with Gasteiger partial charge in [-0.2, -0.15) is 0 Å². The predicted molar refractivity (Wildman–Crippen MR) is 158 cm³/mol. The van der Waals surface area contributed by atoms with Crippen LogP contribution in [-0.2, 0) is 20.8 Å². The molecule has 1 saturated heterocycles. The monoisotopic (exact) mass is 502 g/mol. The van der Waals surface area contributed by atoms with Gasteiger partial charge in [0.05, 0.1) is 55.4 Å². The van der Waals surface area contributed by atoms with Crippen molar-refractivity contribution < 1.29 is 14.3 Å². The lowest BCUT2D eigenvalue weighted by Gasteiger charge is -2.71. The molecule has 7 nitrogen and oxygen atoms in total. The summed E-state index contributed by atoms with van der Waals surface area (Å²) in [6.07, 6.45) is 4.83. The smallest absolute Gasteiger partial charge is 0.230 e. The first kappa shape index (κ1) is 28.4. The molecular weight excluding hydrogens is 479 g/mol. The molecule has 1 N–H and O–H groups in total. The Kier molecular flexibility index (Phi) is 7.11. The first-order chi connectivity index (χ1) is 18.2. The van der Waals surface area contributed by atoms with Crippen LogP contribution in [0.2, 0.25) is 0 Å². The van der Waals surface area contributed by atoms with E-state index in [9.17, 15) is 4.79 Å². The fourth-order valence-electron chi connectivity index (χ4n) is 5.54. The first-order valence-corrected chi connectivity index (χ1v) is 12.7. The van der Waals surface area contributed by atoms with Gasteiger partial charge in [0.1, 0.15) is 37.2 Å². The van der Waals surface area contributed by atoms with Crippen molar-refractivity contribution in [2.24, 2.45) is 5.92 Å². The van der Waals surface area contributed by atoms with Crippen LogP contribution in [0.5, 0.6) is 0 Å². The Bertz CT molecular complexity index is 1240. The summed E-state index contributed by atoms with van der Waals surface area (Å²) < 4.78 is 10.8. The number of nitrogens with zero attached hydrogens (tertiary/aromatic N) is 3. The van der Waals surface area contributed by atoms with Gasteiger partial charge in [0.2, 0.25) is 5.91 Å². The zero-order chi connectivity index (χ0) is 28.4. The van der Waals surface area contributed by atoms with E-state index in [1.54, 1.807) is 36.4 Å². The molecule has 0 atom stereocenters. The maximum atomic E-state index is 14.0. The van der Waals surface area contributed by atoms with Gasteiger partial charge in [-0.15, -0.1) is 0 Å². The summed E-state index contributed by atoms with van der Waals surface area (Å²) >= 11 is 0. The highest BCUT2D eigenvalue weighted by atomic mass is 16.5. The van der Waals surface area contributed by atoms with E-state index in [-0.39, 0.29) is 30.2 Å². The van der Waals surface area contributed by atoms with Crippen molar-refractivity contribution in [3.8, 4) is 0 Å². The van der Waals surface area contributed by atoms with Gasteiger partial charge in [0, 0.05) is 30.5 Å². The number of ether oxygens (including phenoxy) is 2. The van der Waals surface area contributed by atoms with Gasteiger partial charge in [-0.25, -0.2) is 4.98 Å². The molecule has 16 radical (unpaired) electrons. The molecule has 39 heavy (non-hydrogen) atoms. The summed E-state index contributed by atoms with van der Waals surface area (Å²) in [6.45, 7) is 0.265. The number of carbonyl (C=O) groups excluding carboxylic acids is 1. The van der Waals surface area contributed by atoms with Gasteiger partial charge in [-0.1, -0.05) is 6.07 Å². The number of hydrogen-bond acceptors (Lipinski definition) is 6. The average Bonchev–Trinajstić information content (AvgIpc) is 3.03. The molecule has 2 aliphatic heterocycles. The Labute approximate surface area is 240 Å². The molecule has 1 aliphatic carbocycles.